The summed E-state index contributed by atoms with van der Waals surface area (Å²) in [5.41, 5.74) is 5.99. The molecule has 1 heterocycles. The molecule has 29 heavy (non-hydrogen) atoms. The molecular weight excluding hydrogens is 376 g/mol. The highest BCUT2D eigenvalue weighted by Gasteiger charge is 2.26. The lowest BCUT2D eigenvalue weighted by atomic mass is 10.0. The van der Waals surface area contributed by atoms with Crippen LogP contribution in [0.5, 0.6) is 0 Å². The largest absolute Gasteiger partial charge is 0.444 e. The zero-order valence-corrected chi connectivity index (χ0v) is 17.3. The normalized spacial score (nSPS) is 19.4. The molecular formula is C20H32N4O5. The van der Waals surface area contributed by atoms with Crippen LogP contribution in [0.1, 0.15) is 39.2 Å². The van der Waals surface area contributed by atoms with Gasteiger partial charge in [0, 0.05) is 19.1 Å². The summed E-state index contributed by atoms with van der Waals surface area (Å²) in [4.78, 5) is 34.3. The molecule has 2 amide bonds. The van der Waals surface area contributed by atoms with E-state index in [2.05, 4.69) is 21.6 Å². The van der Waals surface area contributed by atoms with E-state index in [0.29, 0.717) is 19.6 Å². The Morgan fingerprint density at radius 3 is 2.55 bits per heavy atom. The number of hydrogen-bond acceptors (Lipinski definition) is 7. The number of nitrogens with one attached hydrogen (secondary N) is 4. The summed E-state index contributed by atoms with van der Waals surface area (Å²) in [5, 5.41) is 5.73. The first kappa shape index (κ1) is 23.1. The lowest BCUT2D eigenvalue weighted by molar-refractivity contribution is -0.136. The standard InChI is InChI=1S/C20H32N4O5/c1-20(2,3)29-19(26)21-11-12-27-24-18(25)17-10-9-16(13-22-17)23-28-14-15-7-5-4-6-8-15/h4-8,16-17,22-23H,9-14H2,1-3H3,(H,21,26)(H,24,25). The number of rotatable bonds is 9. The summed E-state index contributed by atoms with van der Waals surface area (Å²) in [6, 6.07) is 9.74. The second-order valence-electron chi connectivity index (χ2n) is 7.87. The van der Waals surface area contributed by atoms with E-state index in [1.54, 1.807) is 20.8 Å². The van der Waals surface area contributed by atoms with Gasteiger partial charge in [0.05, 0.1) is 19.3 Å². The van der Waals surface area contributed by atoms with Gasteiger partial charge in [-0.2, -0.15) is 5.48 Å². The summed E-state index contributed by atoms with van der Waals surface area (Å²) in [5.74, 6) is -0.231. The number of benzene rings is 1. The van der Waals surface area contributed by atoms with Crippen molar-refractivity contribution < 1.29 is 24.0 Å². The van der Waals surface area contributed by atoms with Crippen LogP contribution >= 0.6 is 0 Å². The number of carbonyl (C=O) groups excluding carboxylic acids is 2. The van der Waals surface area contributed by atoms with Gasteiger partial charge in [0.25, 0.3) is 5.91 Å². The number of carbonyl (C=O) groups is 2. The highest BCUT2D eigenvalue weighted by atomic mass is 16.7. The van der Waals surface area contributed by atoms with Crippen molar-refractivity contribution in [1.29, 1.82) is 0 Å². The Hall–Kier alpha value is -2.20. The van der Waals surface area contributed by atoms with Crippen LogP contribution in [0.4, 0.5) is 4.79 Å². The molecule has 0 spiro atoms. The number of alkyl carbamates (subject to hydrolysis) is 1. The number of piperidine rings is 1. The van der Waals surface area contributed by atoms with Crippen LogP contribution in [0.15, 0.2) is 30.3 Å². The van der Waals surface area contributed by atoms with Gasteiger partial charge in [0.1, 0.15) is 5.60 Å². The molecule has 9 nitrogen and oxygen atoms in total. The third kappa shape index (κ3) is 9.71. The minimum absolute atomic E-state index is 0.140. The maximum absolute atomic E-state index is 12.1. The van der Waals surface area contributed by atoms with E-state index >= 15 is 0 Å². The van der Waals surface area contributed by atoms with Crippen LogP contribution in [0, 0.1) is 0 Å². The first-order chi connectivity index (χ1) is 13.8. The molecule has 1 aliphatic heterocycles. The van der Waals surface area contributed by atoms with Gasteiger partial charge in [-0.15, -0.1) is 0 Å². The van der Waals surface area contributed by atoms with Gasteiger partial charge in [0.2, 0.25) is 0 Å². The molecule has 1 aromatic rings. The lowest BCUT2D eigenvalue weighted by Gasteiger charge is -2.29. The number of amides is 2. The Kier molecular flexibility index (Phi) is 9.33. The minimum Gasteiger partial charge on any atom is -0.444 e. The smallest absolute Gasteiger partial charge is 0.407 e. The third-order valence-electron chi connectivity index (χ3n) is 4.11. The van der Waals surface area contributed by atoms with Crippen molar-refractivity contribution in [2.45, 2.75) is 57.9 Å². The molecule has 4 N–H and O–H groups in total. The SMILES string of the molecule is CC(C)(C)OC(=O)NCCONC(=O)C1CCC(NOCc2ccccc2)CN1. The van der Waals surface area contributed by atoms with Gasteiger partial charge < -0.3 is 15.4 Å². The van der Waals surface area contributed by atoms with Crippen LogP contribution < -0.4 is 21.6 Å². The number of ether oxygens (including phenoxy) is 1. The Morgan fingerprint density at radius 2 is 1.90 bits per heavy atom. The Bertz CT molecular complexity index is 628. The van der Waals surface area contributed by atoms with E-state index in [-0.39, 0.29) is 31.1 Å². The predicted octanol–water partition coefficient (Wildman–Crippen LogP) is 1.40. The molecule has 0 saturated carbocycles. The highest BCUT2D eigenvalue weighted by molar-refractivity contribution is 5.80. The average molecular weight is 408 g/mol. The average Bonchev–Trinajstić information content (AvgIpc) is 2.67. The topological polar surface area (TPSA) is 110 Å². The Morgan fingerprint density at radius 1 is 1.14 bits per heavy atom. The van der Waals surface area contributed by atoms with E-state index < -0.39 is 11.7 Å². The zero-order chi connectivity index (χ0) is 21.1. The molecule has 0 aromatic heterocycles. The summed E-state index contributed by atoms with van der Waals surface area (Å²) in [6.07, 6.45) is 0.951. The van der Waals surface area contributed by atoms with E-state index in [0.717, 1.165) is 12.0 Å². The minimum atomic E-state index is -0.550. The van der Waals surface area contributed by atoms with Crippen molar-refractivity contribution in [3.05, 3.63) is 35.9 Å². The van der Waals surface area contributed by atoms with E-state index in [9.17, 15) is 9.59 Å². The van der Waals surface area contributed by atoms with Crippen LogP contribution in [-0.4, -0.2) is 49.4 Å². The van der Waals surface area contributed by atoms with Gasteiger partial charge in [-0.25, -0.2) is 10.3 Å². The van der Waals surface area contributed by atoms with Crippen molar-refractivity contribution in [3.8, 4) is 0 Å². The number of hydroxylamine groups is 2. The molecule has 1 fully saturated rings. The quantitative estimate of drug-likeness (QED) is 0.361. The fourth-order valence-corrected chi connectivity index (χ4v) is 2.71. The van der Waals surface area contributed by atoms with Crippen molar-refractivity contribution in [3.63, 3.8) is 0 Å². The Balaban J connectivity index is 1.51. The molecule has 9 heteroatoms. The molecule has 162 valence electrons. The van der Waals surface area contributed by atoms with E-state index in [4.69, 9.17) is 14.4 Å². The van der Waals surface area contributed by atoms with Gasteiger partial charge in [-0.3, -0.25) is 14.5 Å². The fourth-order valence-electron chi connectivity index (χ4n) is 2.71. The molecule has 0 bridgehead atoms. The molecule has 1 saturated heterocycles. The summed E-state index contributed by atoms with van der Waals surface area (Å²) in [6.45, 7) is 6.86. The fraction of sp³-hybridized carbons (Fsp3) is 0.600. The third-order valence-corrected chi connectivity index (χ3v) is 4.11. The van der Waals surface area contributed by atoms with Crippen LogP contribution in [-0.2, 0) is 25.8 Å². The molecule has 2 unspecified atom stereocenters. The summed E-state index contributed by atoms with van der Waals surface area (Å²) < 4.78 is 5.10. The molecule has 1 aliphatic rings. The van der Waals surface area contributed by atoms with Gasteiger partial charge in [-0.05, 0) is 39.2 Å². The first-order valence-corrected chi connectivity index (χ1v) is 9.86. The van der Waals surface area contributed by atoms with Gasteiger partial charge in [0.15, 0.2) is 0 Å². The molecule has 1 aromatic carbocycles. The number of hydrogen-bond donors (Lipinski definition) is 4. The van der Waals surface area contributed by atoms with Crippen molar-refractivity contribution >= 4 is 12.0 Å². The second kappa shape index (κ2) is 11.7. The summed E-state index contributed by atoms with van der Waals surface area (Å²) in [7, 11) is 0. The Labute approximate surface area is 171 Å². The van der Waals surface area contributed by atoms with Gasteiger partial charge >= 0.3 is 6.09 Å². The van der Waals surface area contributed by atoms with Crippen LogP contribution in [0.2, 0.25) is 0 Å². The molecule has 0 radical (unpaired) electrons. The summed E-state index contributed by atoms with van der Waals surface area (Å²) >= 11 is 0. The second-order valence-corrected chi connectivity index (χ2v) is 7.87. The maximum Gasteiger partial charge on any atom is 0.407 e. The monoisotopic (exact) mass is 408 g/mol. The maximum atomic E-state index is 12.1. The highest BCUT2D eigenvalue weighted by Crippen LogP contribution is 2.09. The first-order valence-electron chi connectivity index (χ1n) is 9.86. The molecule has 2 rings (SSSR count). The van der Waals surface area contributed by atoms with Crippen molar-refractivity contribution in [2.24, 2.45) is 0 Å². The lowest BCUT2D eigenvalue weighted by Crippen LogP contribution is -2.53. The van der Waals surface area contributed by atoms with Gasteiger partial charge in [-0.1, -0.05) is 30.3 Å². The van der Waals surface area contributed by atoms with Crippen LogP contribution in [0.25, 0.3) is 0 Å². The predicted molar refractivity (Wildman–Crippen MR) is 108 cm³/mol. The van der Waals surface area contributed by atoms with Crippen molar-refractivity contribution in [1.82, 2.24) is 21.6 Å². The van der Waals surface area contributed by atoms with E-state index in [1.165, 1.54) is 0 Å². The van der Waals surface area contributed by atoms with E-state index in [1.807, 2.05) is 30.3 Å². The van der Waals surface area contributed by atoms with Crippen molar-refractivity contribution in [2.75, 3.05) is 19.7 Å². The molecule has 2 atom stereocenters. The zero-order valence-electron chi connectivity index (χ0n) is 17.3. The van der Waals surface area contributed by atoms with Crippen LogP contribution in [0.3, 0.4) is 0 Å². The molecule has 0 aliphatic carbocycles.